The van der Waals surface area contributed by atoms with E-state index in [2.05, 4.69) is 5.32 Å². The Balaban J connectivity index is 2.06. The summed E-state index contributed by atoms with van der Waals surface area (Å²) >= 11 is 0. The van der Waals surface area contributed by atoms with Gasteiger partial charge in [0.2, 0.25) is 21.8 Å². The Morgan fingerprint density at radius 2 is 1.48 bits per heavy atom. The molecule has 0 aliphatic rings. The summed E-state index contributed by atoms with van der Waals surface area (Å²) in [6.45, 7) is 9.91. The highest BCUT2D eigenvalue weighted by atomic mass is 32.2. The first kappa shape index (κ1) is 30.9. The number of benzene rings is 3. The third-order valence-corrected chi connectivity index (χ3v) is 7.87. The molecular weight excluding hydrogens is 522 g/mol. The molecule has 8 heteroatoms. The predicted octanol–water partition coefficient (Wildman–Crippen LogP) is 4.79. The van der Waals surface area contributed by atoms with Gasteiger partial charge in [0.15, 0.2) is 0 Å². The molecular formula is C32H41N3O4S. The Morgan fingerprint density at radius 1 is 0.850 bits per heavy atom. The largest absolute Gasteiger partial charge is 0.354 e. The first-order valence-corrected chi connectivity index (χ1v) is 15.4. The van der Waals surface area contributed by atoms with Gasteiger partial charge >= 0.3 is 0 Å². The van der Waals surface area contributed by atoms with Gasteiger partial charge in [0, 0.05) is 19.5 Å². The average molecular weight is 564 g/mol. The topological polar surface area (TPSA) is 86.8 Å². The van der Waals surface area contributed by atoms with E-state index in [1.807, 2.05) is 101 Å². The van der Waals surface area contributed by atoms with E-state index in [0.717, 1.165) is 38.4 Å². The van der Waals surface area contributed by atoms with E-state index in [1.165, 1.54) is 4.90 Å². The molecule has 0 heterocycles. The monoisotopic (exact) mass is 563 g/mol. The number of amides is 2. The van der Waals surface area contributed by atoms with Crippen molar-refractivity contribution < 1.29 is 18.0 Å². The second-order valence-corrected chi connectivity index (χ2v) is 12.8. The summed E-state index contributed by atoms with van der Waals surface area (Å²) in [7, 11) is -3.81. The Hall–Kier alpha value is -3.65. The molecule has 3 rings (SSSR count). The lowest BCUT2D eigenvalue weighted by Gasteiger charge is -2.34. The molecule has 0 aliphatic heterocycles. The van der Waals surface area contributed by atoms with Crippen LogP contribution in [-0.2, 0) is 32.6 Å². The standard InChI is InChI=1S/C32H41N3O4S/c1-23(2)20-33-32(37)30(19-27-10-8-7-9-11-27)34(21-28-16-13-24(3)14-17-28)31(36)22-35(40(6,38)39)29-18-25(4)12-15-26(29)5/h7-18,23,30H,19-22H2,1-6H3,(H,33,37)/t30-/m0/s1. The van der Waals surface area contributed by atoms with Crippen molar-refractivity contribution in [1.82, 2.24) is 10.2 Å². The van der Waals surface area contributed by atoms with Gasteiger partial charge in [0.25, 0.3) is 0 Å². The molecule has 0 spiro atoms. The number of nitrogens with one attached hydrogen (secondary N) is 1. The number of anilines is 1. The molecule has 0 bridgehead atoms. The van der Waals surface area contributed by atoms with E-state index in [-0.39, 0.29) is 18.4 Å². The van der Waals surface area contributed by atoms with Crippen LogP contribution < -0.4 is 9.62 Å². The summed E-state index contributed by atoms with van der Waals surface area (Å²) in [6, 6.07) is 22.0. The number of hydrogen-bond acceptors (Lipinski definition) is 4. The van der Waals surface area contributed by atoms with Crippen molar-refractivity contribution in [3.05, 3.63) is 101 Å². The number of hydrogen-bond donors (Lipinski definition) is 1. The summed E-state index contributed by atoms with van der Waals surface area (Å²) in [5.41, 5.74) is 4.91. The van der Waals surface area contributed by atoms with Crippen molar-refractivity contribution in [2.45, 2.75) is 53.6 Å². The smallest absolute Gasteiger partial charge is 0.244 e. The molecule has 0 radical (unpaired) electrons. The van der Waals surface area contributed by atoms with Crippen LogP contribution in [0.3, 0.4) is 0 Å². The molecule has 0 saturated carbocycles. The van der Waals surface area contributed by atoms with Crippen LogP contribution in [0.4, 0.5) is 5.69 Å². The lowest BCUT2D eigenvalue weighted by Crippen LogP contribution is -2.53. The van der Waals surface area contributed by atoms with Gasteiger partial charge in [-0.25, -0.2) is 8.42 Å². The summed E-state index contributed by atoms with van der Waals surface area (Å²) in [6.07, 6.45) is 1.40. The van der Waals surface area contributed by atoms with Crippen LogP contribution >= 0.6 is 0 Å². The molecule has 0 fully saturated rings. The van der Waals surface area contributed by atoms with Gasteiger partial charge in [-0.1, -0.05) is 86.1 Å². The minimum Gasteiger partial charge on any atom is -0.354 e. The first-order chi connectivity index (χ1) is 18.8. The van der Waals surface area contributed by atoms with Gasteiger partial charge in [0.05, 0.1) is 11.9 Å². The maximum absolute atomic E-state index is 14.2. The molecule has 7 nitrogen and oxygen atoms in total. The number of nitrogens with zero attached hydrogens (tertiary/aromatic N) is 2. The fraction of sp³-hybridized carbons (Fsp3) is 0.375. The van der Waals surface area contributed by atoms with Crippen molar-refractivity contribution in [3.8, 4) is 0 Å². The maximum atomic E-state index is 14.2. The highest BCUT2D eigenvalue weighted by Crippen LogP contribution is 2.25. The molecule has 40 heavy (non-hydrogen) atoms. The highest BCUT2D eigenvalue weighted by molar-refractivity contribution is 7.92. The summed E-state index contributed by atoms with van der Waals surface area (Å²) in [5, 5.41) is 3.00. The van der Waals surface area contributed by atoms with Gasteiger partial charge < -0.3 is 10.2 Å². The zero-order valence-electron chi connectivity index (χ0n) is 24.3. The lowest BCUT2D eigenvalue weighted by atomic mass is 10.0. The average Bonchev–Trinajstić information content (AvgIpc) is 2.90. The normalized spacial score (nSPS) is 12.2. The molecule has 3 aromatic carbocycles. The fourth-order valence-corrected chi connectivity index (χ4v) is 5.35. The van der Waals surface area contributed by atoms with Crippen LogP contribution in [-0.4, -0.2) is 50.5 Å². The third-order valence-electron chi connectivity index (χ3n) is 6.74. The molecule has 1 atom stereocenters. The zero-order chi connectivity index (χ0) is 29.4. The van der Waals surface area contributed by atoms with E-state index in [4.69, 9.17) is 0 Å². The number of rotatable bonds is 12. The summed E-state index contributed by atoms with van der Waals surface area (Å²) < 4.78 is 27.1. The van der Waals surface area contributed by atoms with E-state index in [9.17, 15) is 18.0 Å². The van der Waals surface area contributed by atoms with Crippen LogP contribution in [0.1, 0.15) is 41.7 Å². The van der Waals surface area contributed by atoms with Crippen molar-refractivity contribution >= 4 is 27.5 Å². The molecule has 1 N–H and O–H groups in total. The Labute approximate surface area is 239 Å². The lowest BCUT2D eigenvalue weighted by molar-refractivity contribution is -0.140. The summed E-state index contributed by atoms with van der Waals surface area (Å²) in [5.74, 6) is -0.490. The van der Waals surface area contributed by atoms with Crippen LogP contribution in [0, 0.1) is 26.7 Å². The second-order valence-electron chi connectivity index (χ2n) is 10.9. The van der Waals surface area contributed by atoms with E-state index in [0.29, 0.717) is 18.7 Å². The van der Waals surface area contributed by atoms with Crippen LogP contribution in [0.5, 0.6) is 0 Å². The van der Waals surface area contributed by atoms with Crippen molar-refractivity contribution in [2.24, 2.45) is 5.92 Å². The van der Waals surface area contributed by atoms with E-state index < -0.39 is 28.5 Å². The molecule has 0 aromatic heterocycles. The van der Waals surface area contributed by atoms with E-state index >= 15 is 0 Å². The quantitative estimate of drug-likeness (QED) is 0.343. The van der Waals surface area contributed by atoms with Crippen LogP contribution in [0.2, 0.25) is 0 Å². The second kappa shape index (κ2) is 13.6. The van der Waals surface area contributed by atoms with Crippen molar-refractivity contribution in [3.63, 3.8) is 0 Å². The Kier molecular flexibility index (Phi) is 10.5. The molecule has 214 valence electrons. The Morgan fingerprint density at radius 3 is 2.08 bits per heavy atom. The number of carbonyl (C=O) groups is 2. The third kappa shape index (κ3) is 8.68. The Bertz CT molecular complexity index is 1400. The molecule has 0 unspecified atom stereocenters. The van der Waals surface area contributed by atoms with E-state index in [1.54, 1.807) is 6.07 Å². The van der Waals surface area contributed by atoms with Gasteiger partial charge in [-0.15, -0.1) is 0 Å². The number of carbonyl (C=O) groups excluding carboxylic acids is 2. The van der Waals surface area contributed by atoms with Crippen LogP contribution in [0.25, 0.3) is 0 Å². The minimum absolute atomic E-state index is 0.163. The maximum Gasteiger partial charge on any atom is 0.244 e. The SMILES string of the molecule is Cc1ccc(CN(C(=O)CN(c2cc(C)ccc2C)S(C)(=O)=O)[C@@H](Cc2ccccc2)C(=O)NCC(C)C)cc1. The molecule has 0 saturated heterocycles. The summed E-state index contributed by atoms with van der Waals surface area (Å²) in [4.78, 5) is 29.3. The fourth-order valence-electron chi connectivity index (χ4n) is 4.45. The van der Waals surface area contributed by atoms with Gasteiger partial charge in [-0.3, -0.25) is 13.9 Å². The van der Waals surface area contributed by atoms with Crippen LogP contribution in [0.15, 0.2) is 72.8 Å². The minimum atomic E-state index is -3.81. The van der Waals surface area contributed by atoms with Crippen molar-refractivity contribution in [2.75, 3.05) is 23.7 Å². The number of aryl methyl sites for hydroxylation is 3. The predicted molar refractivity (Wildman–Crippen MR) is 162 cm³/mol. The zero-order valence-corrected chi connectivity index (χ0v) is 25.2. The van der Waals surface area contributed by atoms with Crippen molar-refractivity contribution in [1.29, 1.82) is 0 Å². The van der Waals surface area contributed by atoms with Gasteiger partial charge in [-0.05, 0) is 55.0 Å². The molecule has 0 aliphatic carbocycles. The molecule has 2 amide bonds. The first-order valence-electron chi connectivity index (χ1n) is 13.6. The number of sulfonamides is 1. The van der Waals surface area contributed by atoms with Gasteiger partial charge in [0.1, 0.15) is 12.6 Å². The molecule has 3 aromatic rings. The highest BCUT2D eigenvalue weighted by Gasteiger charge is 2.33. The van der Waals surface area contributed by atoms with Gasteiger partial charge in [-0.2, -0.15) is 0 Å².